The Morgan fingerprint density at radius 1 is 1.00 bits per heavy atom. The number of rotatable bonds is 10. The Hall–Kier alpha value is -4.53. The van der Waals surface area contributed by atoms with Crippen molar-refractivity contribution in [3.05, 3.63) is 113 Å². The predicted octanol–water partition coefficient (Wildman–Crippen LogP) is 8.77. The topological polar surface area (TPSA) is 78.9 Å². The number of nitrogens with zero attached hydrogens (tertiary/aromatic N) is 1. The maximum absolute atomic E-state index is 13.6. The average molecular weight is 579 g/mol. The fraction of sp³-hybridized carbons (Fsp3) is 0.273. The molecule has 2 N–H and O–H groups in total. The van der Waals surface area contributed by atoms with Gasteiger partial charge in [0.1, 0.15) is 5.75 Å². The molecule has 0 bridgehead atoms. The summed E-state index contributed by atoms with van der Waals surface area (Å²) in [5.74, 6) is -1.23. The van der Waals surface area contributed by atoms with E-state index in [-0.39, 0.29) is 18.7 Å². The maximum atomic E-state index is 13.6. The zero-order chi connectivity index (χ0) is 30.0. The molecule has 220 valence electrons. The number of nitrogens with one attached hydrogen (secondary N) is 1. The zero-order valence-electron chi connectivity index (χ0n) is 23.1. The van der Waals surface area contributed by atoms with E-state index in [4.69, 9.17) is 5.11 Å². The molecule has 0 aromatic heterocycles. The number of amides is 2. The predicted molar refractivity (Wildman–Crippen MR) is 157 cm³/mol. The van der Waals surface area contributed by atoms with Crippen LogP contribution in [-0.4, -0.2) is 28.4 Å². The van der Waals surface area contributed by atoms with E-state index < -0.39 is 18.4 Å². The fourth-order valence-corrected chi connectivity index (χ4v) is 4.72. The zero-order valence-corrected chi connectivity index (χ0v) is 23.1. The smallest absolute Gasteiger partial charge is 0.481 e. The van der Waals surface area contributed by atoms with Gasteiger partial charge in [-0.1, -0.05) is 54.6 Å². The van der Waals surface area contributed by atoms with Gasteiger partial charge in [0.05, 0.1) is 6.54 Å². The summed E-state index contributed by atoms with van der Waals surface area (Å²) in [7, 11) is 0. The summed E-state index contributed by atoms with van der Waals surface area (Å²) in [6.07, 6.45) is 14.8. The van der Waals surface area contributed by atoms with Crippen LogP contribution < -0.4 is 10.1 Å². The number of aliphatic carboxylic acids is 1. The van der Waals surface area contributed by atoms with Crippen molar-refractivity contribution < 1.29 is 32.6 Å². The van der Waals surface area contributed by atoms with E-state index in [0.29, 0.717) is 17.8 Å². The molecular formula is C33H33F3N2O4. The maximum Gasteiger partial charge on any atom is 0.573 e. The molecule has 2 aromatic rings. The number of anilines is 1. The van der Waals surface area contributed by atoms with E-state index in [1.165, 1.54) is 29.7 Å². The minimum Gasteiger partial charge on any atom is -0.481 e. The van der Waals surface area contributed by atoms with Crippen molar-refractivity contribution in [3.8, 4) is 5.75 Å². The molecule has 9 heteroatoms. The molecule has 0 unspecified atom stereocenters. The second-order valence-electron chi connectivity index (χ2n) is 10.0. The number of carboxylic acid groups (broad SMARTS) is 1. The van der Waals surface area contributed by atoms with Crippen LogP contribution in [0.4, 0.5) is 23.7 Å². The van der Waals surface area contributed by atoms with E-state index in [9.17, 15) is 22.8 Å². The van der Waals surface area contributed by atoms with Gasteiger partial charge in [0.2, 0.25) is 0 Å². The van der Waals surface area contributed by atoms with Crippen LogP contribution in [0.5, 0.6) is 5.75 Å². The molecule has 0 atom stereocenters. The van der Waals surface area contributed by atoms with E-state index >= 15 is 0 Å². The van der Waals surface area contributed by atoms with Crippen LogP contribution in [0.25, 0.3) is 6.08 Å². The highest BCUT2D eigenvalue weighted by Crippen LogP contribution is 2.29. The Labute approximate surface area is 243 Å². The summed E-state index contributed by atoms with van der Waals surface area (Å²) in [5, 5.41) is 11.6. The van der Waals surface area contributed by atoms with Gasteiger partial charge in [-0.15, -0.1) is 13.2 Å². The first-order valence-corrected chi connectivity index (χ1v) is 13.8. The second-order valence-corrected chi connectivity index (χ2v) is 10.0. The molecule has 0 saturated carbocycles. The lowest BCUT2D eigenvalue weighted by atomic mass is 9.92. The number of benzene rings is 2. The molecule has 6 nitrogen and oxygen atoms in total. The highest BCUT2D eigenvalue weighted by atomic mass is 19.4. The minimum absolute atomic E-state index is 0.0623. The van der Waals surface area contributed by atoms with Gasteiger partial charge >= 0.3 is 18.4 Å². The number of carboxylic acids is 1. The first-order chi connectivity index (χ1) is 20.2. The Balaban J connectivity index is 1.54. The Morgan fingerprint density at radius 2 is 1.76 bits per heavy atom. The molecular weight excluding hydrogens is 545 g/mol. The van der Waals surface area contributed by atoms with Gasteiger partial charge in [-0.25, -0.2) is 4.79 Å². The lowest BCUT2D eigenvalue weighted by Gasteiger charge is -2.24. The van der Waals surface area contributed by atoms with Gasteiger partial charge in [-0.3, -0.25) is 9.69 Å². The molecule has 4 rings (SSSR count). The van der Waals surface area contributed by atoms with Crippen LogP contribution in [0.3, 0.4) is 0 Å². The summed E-state index contributed by atoms with van der Waals surface area (Å²) < 4.78 is 41.5. The quantitative estimate of drug-likeness (QED) is 0.295. The second kappa shape index (κ2) is 14.4. The highest BCUT2D eigenvalue weighted by molar-refractivity contribution is 5.91. The minimum atomic E-state index is -4.80. The summed E-state index contributed by atoms with van der Waals surface area (Å²) in [5.41, 5.74) is 5.33. The Morgan fingerprint density at radius 3 is 2.43 bits per heavy atom. The number of halogens is 3. The largest absolute Gasteiger partial charge is 0.573 e. The van der Waals surface area contributed by atoms with Gasteiger partial charge in [-0.2, -0.15) is 0 Å². The number of urea groups is 1. The number of carbonyl (C=O) groups excluding carboxylic acids is 1. The van der Waals surface area contributed by atoms with E-state index in [0.717, 1.165) is 48.9 Å². The Bertz CT molecular complexity index is 1400. The molecule has 42 heavy (non-hydrogen) atoms. The highest BCUT2D eigenvalue weighted by Gasteiger charge is 2.31. The standard InChI is InChI=1S/C33H33F3N2O4/c34-33(35,36)42-30-21-18-28(19-22-30)37-32(41)38(23-25-15-13-24(14-16-25)7-4-5-12-31(39)40)29-11-6-10-27(17-20-29)26-8-2-1-3-9-26/h4,6-8,11,13-22H,1-3,5,9-10,12,23H2,(H,37,41)(H,39,40)/b7-4+. The van der Waals surface area contributed by atoms with Crippen molar-refractivity contribution in [2.75, 3.05) is 5.32 Å². The third-order valence-corrected chi connectivity index (χ3v) is 6.84. The number of ether oxygens (including phenoxy) is 1. The number of allylic oxidation sites excluding steroid dienone is 8. The van der Waals surface area contributed by atoms with Gasteiger partial charge in [-0.05, 0) is 97.2 Å². The van der Waals surface area contributed by atoms with Crippen molar-refractivity contribution >= 4 is 23.8 Å². The number of carbonyl (C=O) groups is 2. The fourth-order valence-electron chi connectivity index (χ4n) is 4.72. The van der Waals surface area contributed by atoms with E-state index in [1.807, 2.05) is 48.6 Å². The molecule has 2 aromatic carbocycles. The molecule has 2 aliphatic carbocycles. The number of hydrogen-bond donors (Lipinski definition) is 2. The van der Waals surface area contributed by atoms with Crippen LogP contribution in [0.2, 0.25) is 0 Å². The summed E-state index contributed by atoms with van der Waals surface area (Å²) in [6.45, 7) is 0.242. The molecule has 0 fully saturated rings. The van der Waals surface area contributed by atoms with Gasteiger partial charge in [0.15, 0.2) is 0 Å². The third-order valence-electron chi connectivity index (χ3n) is 6.84. The molecule has 0 spiro atoms. The SMILES string of the molecule is O=C(O)CC/C=C/c1ccc(CN(C(=O)Nc2ccc(OC(F)(F)F)cc2)C2=CC=C(C3=CCCCC3)CC=C2)cc1. The van der Waals surface area contributed by atoms with Crippen LogP contribution >= 0.6 is 0 Å². The average Bonchev–Trinajstić information content (AvgIpc) is 3.22. The summed E-state index contributed by atoms with van der Waals surface area (Å²) >= 11 is 0. The molecule has 2 aliphatic rings. The van der Waals surface area contributed by atoms with Crippen molar-refractivity contribution in [2.45, 2.75) is 57.9 Å². The first-order valence-electron chi connectivity index (χ1n) is 13.8. The van der Waals surface area contributed by atoms with Crippen molar-refractivity contribution in [2.24, 2.45) is 0 Å². The Kier molecular flexibility index (Phi) is 10.4. The molecule has 0 radical (unpaired) electrons. The lowest BCUT2D eigenvalue weighted by molar-refractivity contribution is -0.274. The van der Waals surface area contributed by atoms with Gasteiger partial charge < -0.3 is 15.2 Å². The van der Waals surface area contributed by atoms with Crippen LogP contribution in [0, 0.1) is 0 Å². The van der Waals surface area contributed by atoms with E-state index in [2.05, 4.69) is 22.2 Å². The lowest BCUT2D eigenvalue weighted by Crippen LogP contribution is -2.33. The molecule has 0 saturated heterocycles. The van der Waals surface area contributed by atoms with Crippen molar-refractivity contribution in [1.82, 2.24) is 4.90 Å². The first kappa shape index (κ1) is 30.4. The molecule has 0 heterocycles. The summed E-state index contributed by atoms with van der Waals surface area (Å²) in [6, 6.07) is 12.1. The molecule has 0 aliphatic heterocycles. The van der Waals surface area contributed by atoms with E-state index in [1.54, 1.807) is 11.0 Å². The van der Waals surface area contributed by atoms with Gasteiger partial charge in [0, 0.05) is 17.8 Å². The monoisotopic (exact) mass is 578 g/mol. The number of alkyl halides is 3. The van der Waals surface area contributed by atoms with Crippen LogP contribution in [0.1, 0.15) is 56.1 Å². The number of hydrogen-bond acceptors (Lipinski definition) is 3. The van der Waals surface area contributed by atoms with Crippen molar-refractivity contribution in [3.63, 3.8) is 0 Å². The third kappa shape index (κ3) is 9.54. The van der Waals surface area contributed by atoms with Crippen molar-refractivity contribution in [1.29, 1.82) is 0 Å². The molecule has 2 amide bonds. The van der Waals surface area contributed by atoms with Crippen LogP contribution in [-0.2, 0) is 11.3 Å². The normalized spacial score (nSPS) is 15.4. The summed E-state index contributed by atoms with van der Waals surface area (Å²) in [4.78, 5) is 25.9. The van der Waals surface area contributed by atoms with Gasteiger partial charge in [0.25, 0.3) is 0 Å². The van der Waals surface area contributed by atoms with Crippen LogP contribution in [0.15, 0.2) is 102 Å².